The molecule has 0 N–H and O–H groups in total. The third-order valence-corrected chi connectivity index (χ3v) is 3.27. The molecule has 8 nitrogen and oxygen atoms in total. The topological polar surface area (TPSA) is 94.8 Å². The molecule has 2 heterocycles. The van der Waals surface area contributed by atoms with Gasteiger partial charge in [-0.1, -0.05) is 0 Å². The fraction of sp³-hybridized carbons (Fsp3) is 0.571. The Balaban J connectivity index is 2.01. The predicted octanol–water partition coefficient (Wildman–Crippen LogP) is 1.31. The van der Waals surface area contributed by atoms with Crippen LogP contribution >= 0.6 is 0 Å². The number of hydrogen-bond acceptors (Lipinski definition) is 6. The van der Waals surface area contributed by atoms with E-state index in [9.17, 15) is 14.9 Å². The first kappa shape index (κ1) is 16.2. The van der Waals surface area contributed by atoms with Gasteiger partial charge in [-0.05, 0) is 35.9 Å². The van der Waals surface area contributed by atoms with Crippen molar-refractivity contribution in [1.82, 2.24) is 9.88 Å². The summed E-state index contributed by atoms with van der Waals surface area (Å²) in [5.74, 6) is -0.605. The van der Waals surface area contributed by atoms with Crippen molar-refractivity contribution in [3.63, 3.8) is 0 Å². The molecule has 1 aromatic rings. The second-order valence-electron chi connectivity index (χ2n) is 5.38. The molecule has 2 rings (SSSR count). The van der Waals surface area contributed by atoms with E-state index in [0.717, 1.165) is 0 Å². The van der Waals surface area contributed by atoms with Crippen LogP contribution in [0, 0.1) is 17.0 Å². The van der Waals surface area contributed by atoms with Gasteiger partial charge in [-0.15, -0.1) is 0 Å². The van der Waals surface area contributed by atoms with Gasteiger partial charge in [-0.25, -0.2) is 0 Å². The van der Waals surface area contributed by atoms with Crippen LogP contribution in [0.5, 0.6) is 5.75 Å². The number of hydrogen-bond donors (Lipinski definition) is 0. The van der Waals surface area contributed by atoms with Crippen molar-refractivity contribution >= 4 is 11.7 Å². The quantitative estimate of drug-likeness (QED) is 0.615. The molecule has 0 aliphatic carbocycles. The molecule has 1 amide bonds. The van der Waals surface area contributed by atoms with Gasteiger partial charge in [0.05, 0.1) is 12.2 Å². The molecule has 8 heteroatoms. The molecule has 0 bridgehead atoms. The van der Waals surface area contributed by atoms with Crippen molar-refractivity contribution in [2.24, 2.45) is 0 Å². The summed E-state index contributed by atoms with van der Waals surface area (Å²) in [6.45, 7) is 6.15. The van der Waals surface area contributed by atoms with Gasteiger partial charge in [0.15, 0.2) is 6.61 Å². The smallest absolute Gasteiger partial charge is 0.406 e. The van der Waals surface area contributed by atoms with E-state index in [2.05, 4.69) is 4.98 Å². The zero-order valence-electron chi connectivity index (χ0n) is 12.8. The Kier molecular flexibility index (Phi) is 4.92. The van der Waals surface area contributed by atoms with E-state index < -0.39 is 4.92 Å². The van der Waals surface area contributed by atoms with Crippen molar-refractivity contribution in [3.05, 3.63) is 27.9 Å². The molecule has 0 aromatic carbocycles. The standard InChI is InChI=1S/C14H19N3O5/c1-9-4-5-12(14(15-9)17(19)20)21-8-13(18)16-6-10(2)22-11(3)7-16/h4-5,10-11H,6-8H2,1-3H3/t10-,11-/m0/s1. The molecular weight excluding hydrogens is 290 g/mol. The highest BCUT2D eigenvalue weighted by Crippen LogP contribution is 2.24. The highest BCUT2D eigenvalue weighted by molar-refractivity contribution is 5.78. The van der Waals surface area contributed by atoms with Crippen molar-refractivity contribution in [1.29, 1.82) is 0 Å². The summed E-state index contributed by atoms with van der Waals surface area (Å²) < 4.78 is 10.9. The van der Waals surface area contributed by atoms with Gasteiger partial charge in [0.25, 0.3) is 5.91 Å². The molecule has 1 aliphatic heterocycles. The maximum Gasteiger partial charge on any atom is 0.406 e. The first-order chi connectivity index (χ1) is 10.4. The lowest BCUT2D eigenvalue weighted by Crippen LogP contribution is -2.49. The van der Waals surface area contributed by atoms with Gasteiger partial charge in [-0.3, -0.25) is 4.79 Å². The van der Waals surface area contributed by atoms with Crippen molar-refractivity contribution in [2.45, 2.75) is 33.0 Å². The van der Waals surface area contributed by atoms with Crippen LogP contribution in [-0.2, 0) is 9.53 Å². The first-order valence-electron chi connectivity index (χ1n) is 7.05. The average molecular weight is 309 g/mol. The van der Waals surface area contributed by atoms with Crippen molar-refractivity contribution in [2.75, 3.05) is 19.7 Å². The normalized spacial score (nSPS) is 21.5. The third-order valence-electron chi connectivity index (χ3n) is 3.27. The molecule has 0 radical (unpaired) electrons. The number of carbonyl (C=O) groups excluding carboxylic acids is 1. The summed E-state index contributed by atoms with van der Waals surface area (Å²) in [7, 11) is 0. The lowest BCUT2D eigenvalue weighted by atomic mass is 10.2. The van der Waals surface area contributed by atoms with Gasteiger partial charge in [0.2, 0.25) is 5.75 Å². The number of nitrogens with zero attached hydrogens (tertiary/aromatic N) is 3. The number of ether oxygens (including phenoxy) is 2. The molecule has 0 spiro atoms. The molecule has 0 saturated carbocycles. The van der Waals surface area contributed by atoms with Crippen LogP contribution in [0.2, 0.25) is 0 Å². The Morgan fingerprint density at radius 3 is 2.68 bits per heavy atom. The number of aromatic nitrogens is 1. The number of aryl methyl sites for hydroxylation is 1. The Morgan fingerprint density at radius 1 is 1.45 bits per heavy atom. The first-order valence-corrected chi connectivity index (χ1v) is 7.05. The van der Waals surface area contributed by atoms with E-state index >= 15 is 0 Å². The number of nitro groups is 1. The molecule has 0 unspecified atom stereocenters. The number of morpholine rings is 1. The summed E-state index contributed by atoms with van der Waals surface area (Å²) in [4.78, 5) is 28.0. The Morgan fingerprint density at radius 2 is 2.09 bits per heavy atom. The molecule has 1 aromatic heterocycles. The molecule has 120 valence electrons. The van der Waals surface area contributed by atoms with E-state index in [1.165, 1.54) is 6.07 Å². The maximum absolute atomic E-state index is 12.2. The fourth-order valence-electron chi connectivity index (χ4n) is 2.39. The number of amides is 1. The van der Waals surface area contributed by atoms with Gasteiger partial charge in [0, 0.05) is 20.0 Å². The van der Waals surface area contributed by atoms with Gasteiger partial charge >= 0.3 is 5.82 Å². The van der Waals surface area contributed by atoms with Gasteiger partial charge in [-0.2, -0.15) is 0 Å². The molecule has 1 aliphatic rings. The Hall–Kier alpha value is -2.22. The third kappa shape index (κ3) is 3.91. The van der Waals surface area contributed by atoms with Crippen molar-refractivity contribution in [3.8, 4) is 5.75 Å². The van der Waals surface area contributed by atoms with Crippen LogP contribution in [-0.4, -0.2) is 52.6 Å². The average Bonchev–Trinajstić information content (AvgIpc) is 2.44. The Bertz CT molecular complexity index is 568. The van der Waals surface area contributed by atoms with Crippen LogP contribution in [0.15, 0.2) is 12.1 Å². The second kappa shape index (κ2) is 6.69. The number of carbonyl (C=O) groups is 1. The maximum atomic E-state index is 12.2. The summed E-state index contributed by atoms with van der Waals surface area (Å²) in [5, 5.41) is 11.0. The minimum Gasteiger partial charge on any atom is -0.476 e. The van der Waals surface area contributed by atoms with E-state index in [1.54, 1.807) is 17.9 Å². The largest absolute Gasteiger partial charge is 0.476 e. The second-order valence-corrected chi connectivity index (χ2v) is 5.38. The minimum atomic E-state index is -0.619. The molecule has 1 saturated heterocycles. The highest BCUT2D eigenvalue weighted by atomic mass is 16.6. The number of rotatable bonds is 4. The van der Waals surface area contributed by atoms with Crippen LogP contribution < -0.4 is 4.74 Å². The van der Waals surface area contributed by atoms with Crippen molar-refractivity contribution < 1.29 is 19.2 Å². The molecule has 22 heavy (non-hydrogen) atoms. The van der Waals surface area contributed by atoms with Gasteiger partial charge < -0.3 is 24.5 Å². The van der Waals surface area contributed by atoms with Crippen LogP contribution in [0.1, 0.15) is 19.5 Å². The number of pyridine rings is 1. The van der Waals surface area contributed by atoms with Crippen LogP contribution in [0.3, 0.4) is 0 Å². The van der Waals surface area contributed by atoms with E-state index in [4.69, 9.17) is 9.47 Å². The monoisotopic (exact) mass is 309 g/mol. The van der Waals surface area contributed by atoms with E-state index in [1.807, 2.05) is 13.8 Å². The van der Waals surface area contributed by atoms with E-state index in [0.29, 0.717) is 18.8 Å². The summed E-state index contributed by atoms with van der Waals surface area (Å²) in [6, 6.07) is 3.06. The fourth-order valence-corrected chi connectivity index (χ4v) is 2.39. The molecular formula is C14H19N3O5. The van der Waals surface area contributed by atoms with Gasteiger partial charge in [0.1, 0.15) is 5.69 Å². The Labute approximate surface area is 128 Å². The van der Waals surface area contributed by atoms with Crippen LogP contribution in [0.25, 0.3) is 0 Å². The lowest BCUT2D eigenvalue weighted by molar-refractivity contribution is -0.390. The summed E-state index contributed by atoms with van der Waals surface area (Å²) >= 11 is 0. The lowest BCUT2D eigenvalue weighted by Gasteiger charge is -2.35. The van der Waals surface area contributed by atoms with E-state index in [-0.39, 0.29) is 36.3 Å². The van der Waals surface area contributed by atoms with Crippen LogP contribution in [0.4, 0.5) is 5.82 Å². The minimum absolute atomic E-state index is 0.00157. The summed E-state index contributed by atoms with van der Waals surface area (Å²) in [6.07, 6.45) is -0.0776. The highest BCUT2D eigenvalue weighted by Gasteiger charge is 2.27. The predicted molar refractivity (Wildman–Crippen MR) is 77.7 cm³/mol. The summed E-state index contributed by atoms with van der Waals surface area (Å²) in [5.41, 5.74) is 0.515. The zero-order valence-corrected chi connectivity index (χ0v) is 12.8. The molecule has 2 atom stereocenters. The SMILES string of the molecule is Cc1ccc(OCC(=O)N2C[C@H](C)O[C@@H](C)C2)c([N+](=O)[O-])n1. The zero-order chi connectivity index (χ0) is 16.3. The molecule has 1 fully saturated rings.